The van der Waals surface area contributed by atoms with Crippen molar-refractivity contribution in [1.29, 1.82) is 0 Å². The number of carboxylic acid groups (broad SMARTS) is 1. The maximum Gasteiger partial charge on any atom is 0.306 e. The van der Waals surface area contributed by atoms with Gasteiger partial charge in [-0.1, -0.05) is 12.1 Å². The van der Waals surface area contributed by atoms with Crippen LogP contribution in [0.15, 0.2) is 34.7 Å². The quantitative estimate of drug-likeness (QED) is 0.786. The molecule has 124 valence electrons. The van der Waals surface area contributed by atoms with Gasteiger partial charge in [0.25, 0.3) is 5.91 Å². The summed E-state index contributed by atoms with van der Waals surface area (Å²) in [7, 11) is 1.86. The van der Waals surface area contributed by atoms with Gasteiger partial charge in [-0.05, 0) is 25.0 Å². The lowest BCUT2D eigenvalue weighted by Gasteiger charge is -2.30. The molecule has 0 aliphatic carbocycles. The number of hydrogen-bond acceptors (Lipinski definition) is 3. The fraction of sp³-hybridized carbons (Fsp3) is 0.333. The molecule has 4 rings (SSSR count). The maximum atomic E-state index is 12.8. The third kappa shape index (κ3) is 2.18. The van der Waals surface area contributed by atoms with Crippen molar-refractivity contribution in [2.75, 3.05) is 13.1 Å². The van der Waals surface area contributed by atoms with Crippen molar-refractivity contribution in [2.45, 2.75) is 12.8 Å². The molecular weight excluding hydrogens is 308 g/mol. The van der Waals surface area contributed by atoms with E-state index in [4.69, 9.17) is 9.52 Å². The summed E-state index contributed by atoms with van der Waals surface area (Å²) in [6.07, 6.45) is 1.01. The van der Waals surface area contributed by atoms with Gasteiger partial charge in [0, 0.05) is 31.6 Å². The molecule has 1 fully saturated rings. The van der Waals surface area contributed by atoms with Crippen LogP contribution in [0.2, 0.25) is 0 Å². The zero-order valence-electron chi connectivity index (χ0n) is 13.4. The summed E-state index contributed by atoms with van der Waals surface area (Å²) in [5, 5.41) is 10.1. The highest BCUT2D eigenvalue weighted by Crippen LogP contribution is 2.31. The number of piperidine rings is 1. The smallest absolute Gasteiger partial charge is 0.306 e. The number of hydrogen-bond donors (Lipinski definition) is 1. The number of fused-ring (bicyclic) bond motifs is 3. The van der Waals surface area contributed by atoms with E-state index in [1.807, 2.05) is 35.9 Å². The van der Waals surface area contributed by atoms with Crippen LogP contribution in [0.5, 0.6) is 0 Å². The number of para-hydroxylation sites is 1. The molecule has 24 heavy (non-hydrogen) atoms. The second-order valence-electron chi connectivity index (χ2n) is 6.30. The van der Waals surface area contributed by atoms with Crippen LogP contribution in [0.25, 0.3) is 22.1 Å². The van der Waals surface area contributed by atoms with E-state index in [9.17, 15) is 9.59 Å². The molecule has 0 saturated carbocycles. The van der Waals surface area contributed by atoms with Crippen molar-refractivity contribution in [3.8, 4) is 0 Å². The summed E-state index contributed by atoms with van der Waals surface area (Å²) in [5.74, 6) is -1.19. The number of rotatable bonds is 2. The summed E-state index contributed by atoms with van der Waals surface area (Å²) in [5.41, 5.74) is 2.99. The Morgan fingerprint density at radius 1 is 1.17 bits per heavy atom. The number of likely N-dealkylation sites (tertiary alicyclic amines) is 1. The van der Waals surface area contributed by atoms with E-state index < -0.39 is 5.97 Å². The normalized spacial score (nSPS) is 16.1. The number of aliphatic carboxylic acids is 1. The van der Waals surface area contributed by atoms with Crippen LogP contribution >= 0.6 is 0 Å². The first-order chi connectivity index (χ1) is 11.6. The molecule has 0 radical (unpaired) electrons. The number of amides is 1. The molecule has 1 N–H and O–H groups in total. The lowest BCUT2D eigenvalue weighted by molar-refractivity contribution is -0.143. The predicted octanol–water partition coefficient (Wildman–Crippen LogP) is 2.86. The second kappa shape index (κ2) is 5.40. The highest BCUT2D eigenvalue weighted by atomic mass is 16.4. The minimum absolute atomic E-state index is 0.0724. The number of aryl methyl sites for hydroxylation is 1. The molecule has 1 aliphatic heterocycles. The predicted molar refractivity (Wildman–Crippen MR) is 89.0 cm³/mol. The van der Waals surface area contributed by atoms with E-state index in [0.717, 1.165) is 16.5 Å². The van der Waals surface area contributed by atoms with Crippen molar-refractivity contribution >= 4 is 33.9 Å². The van der Waals surface area contributed by atoms with Gasteiger partial charge >= 0.3 is 5.97 Å². The molecule has 1 aromatic carbocycles. The van der Waals surface area contributed by atoms with Crippen molar-refractivity contribution in [2.24, 2.45) is 13.0 Å². The Morgan fingerprint density at radius 2 is 1.88 bits per heavy atom. The van der Waals surface area contributed by atoms with E-state index >= 15 is 0 Å². The average Bonchev–Trinajstić information content (AvgIpc) is 3.11. The van der Waals surface area contributed by atoms with E-state index in [-0.39, 0.29) is 11.8 Å². The van der Waals surface area contributed by atoms with E-state index in [1.165, 1.54) is 0 Å². The topological polar surface area (TPSA) is 75.7 Å². The minimum atomic E-state index is -0.773. The molecule has 0 atom stereocenters. The van der Waals surface area contributed by atoms with Gasteiger partial charge in [-0.25, -0.2) is 0 Å². The third-order valence-electron chi connectivity index (χ3n) is 4.91. The molecule has 3 aromatic rings. The van der Waals surface area contributed by atoms with Crippen LogP contribution in [0.4, 0.5) is 0 Å². The second-order valence-corrected chi connectivity index (χ2v) is 6.30. The fourth-order valence-electron chi connectivity index (χ4n) is 3.53. The minimum Gasteiger partial charge on any atom is -0.481 e. The number of carboxylic acids is 1. The summed E-state index contributed by atoms with van der Waals surface area (Å²) in [6, 6.07) is 9.54. The lowest BCUT2D eigenvalue weighted by Crippen LogP contribution is -2.40. The lowest BCUT2D eigenvalue weighted by atomic mass is 9.97. The first-order valence-electron chi connectivity index (χ1n) is 8.05. The van der Waals surface area contributed by atoms with Gasteiger partial charge in [-0.3, -0.25) is 9.59 Å². The number of carbonyl (C=O) groups is 2. The number of benzene rings is 1. The van der Waals surface area contributed by atoms with Crippen LogP contribution in [0.3, 0.4) is 0 Å². The highest BCUT2D eigenvalue weighted by Gasteiger charge is 2.29. The molecule has 1 aliphatic rings. The Bertz CT molecular complexity index is 945. The summed E-state index contributed by atoms with van der Waals surface area (Å²) < 4.78 is 7.70. The van der Waals surface area contributed by atoms with Gasteiger partial charge < -0.3 is 19.0 Å². The fourth-order valence-corrected chi connectivity index (χ4v) is 3.53. The van der Waals surface area contributed by atoms with E-state index in [0.29, 0.717) is 37.2 Å². The molecule has 0 bridgehead atoms. The standard InChI is InChI=1S/C18H18N2O4/c1-19-13(17(21)20-8-6-11(7-9-20)18(22)23)10-15-16(19)12-4-2-3-5-14(12)24-15/h2-5,10-11H,6-9H2,1H3,(H,22,23). The van der Waals surface area contributed by atoms with Crippen molar-refractivity contribution in [3.05, 3.63) is 36.0 Å². The van der Waals surface area contributed by atoms with Crippen LogP contribution in [0, 0.1) is 5.92 Å². The van der Waals surface area contributed by atoms with E-state index in [2.05, 4.69) is 0 Å². The van der Waals surface area contributed by atoms with Gasteiger partial charge in [0.05, 0.1) is 11.4 Å². The van der Waals surface area contributed by atoms with Gasteiger partial charge in [0.1, 0.15) is 11.3 Å². The molecule has 0 spiro atoms. The summed E-state index contributed by atoms with van der Waals surface area (Å²) in [6.45, 7) is 0.951. The highest BCUT2D eigenvalue weighted by molar-refractivity contribution is 6.07. The zero-order chi connectivity index (χ0) is 16.8. The van der Waals surface area contributed by atoms with Crippen LogP contribution in [-0.4, -0.2) is 39.5 Å². The van der Waals surface area contributed by atoms with Crippen LogP contribution in [0.1, 0.15) is 23.3 Å². The SMILES string of the molecule is Cn1c(C(=O)N2CCC(C(=O)O)CC2)cc2oc3ccccc3c21. The monoisotopic (exact) mass is 326 g/mol. The third-order valence-corrected chi connectivity index (χ3v) is 4.91. The Hall–Kier alpha value is -2.76. The van der Waals surface area contributed by atoms with E-state index in [1.54, 1.807) is 11.0 Å². The first kappa shape index (κ1) is 14.8. The van der Waals surface area contributed by atoms with Gasteiger partial charge in [-0.2, -0.15) is 0 Å². The molecular formula is C18H18N2O4. The van der Waals surface area contributed by atoms with Gasteiger partial charge in [0.15, 0.2) is 5.58 Å². The number of carbonyl (C=O) groups excluding carboxylic acids is 1. The number of aromatic nitrogens is 1. The van der Waals surface area contributed by atoms with Crippen molar-refractivity contribution in [1.82, 2.24) is 9.47 Å². The molecule has 6 heteroatoms. The Labute approximate surface area is 138 Å². The van der Waals surface area contributed by atoms with Crippen LogP contribution in [-0.2, 0) is 11.8 Å². The Kier molecular flexibility index (Phi) is 3.33. The number of furan rings is 1. The zero-order valence-corrected chi connectivity index (χ0v) is 13.4. The Morgan fingerprint density at radius 3 is 2.58 bits per heavy atom. The molecule has 1 amide bonds. The largest absolute Gasteiger partial charge is 0.481 e. The summed E-state index contributed by atoms with van der Waals surface area (Å²) in [4.78, 5) is 25.6. The van der Waals surface area contributed by atoms with Gasteiger partial charge in [-0.15, -0.1) is 0 Å². The maximum absolute atomic E-state index is 12.8. The molecule has 6 nitrogen and oxygen atoms in total. The molecule has 3 heterocycles. The molecule has 1 saturated heterocycles. The molecule has 0 unspecified atom stereocenters. The van der Waals surface area contributed by atoms with Crippen molar-refractivity contribution < 1.29 is 19.1 Å². The summed E-state index contributed by atoms with van der Waals surface area (Å²) >= 11 is 0. The van der Waals surface area contributed by atoms with Gasteiger partial charge in [0.2, 0.25) is 0 Å². The first-order valence-corrected chi connectivity index (χ1v) is 8.05. The average molecular weight is 326 g/mol. The van der Waals surface area contributed by atoms with Crippen LogP contribution < -0.4 is 0 Å². The molecule has 2 aromatic heterocycles. The Balaban J connectivity index is 1.66. The van der Waals surface area contributed by atoms with Crippen molar-refractivity contribution in [3.63, 3.8) is 0 Å². The number of nitrogens with zero attached hydrogens (tertiary/aromatic N) is 2.